The molecule has 1 aromatic carbocycles. The van der Waals surface area contributed by atoms with Crippen LogP contribution in [-0.4, -0.2) is 18.1 Å². The van der Waals surface area contributed by atoms with E-state index in [4.69, 9.17) is 4.74 Å². The monoisotopic (exact) mass is 343 g/mol. The Labute approximate surface area is 147 Å². The van der Waals surface area contributed by atoms with Gasteiger partial charge < -0.3 is 20.4 Å². The van der Waals surface area contributed by atoms with Gasteiger partial charge in [0.15, 0.2) is 0 Å². The van der Waals surface area contributed by atoms with E-state index in [2.05, 4.69) is 15.6 Å². The quantitative estimate of drug-likeness (QED) is 0.754. The van der Waals surface area contributed by atoms with Gasteiger partial charge in [0.05, 0.1) is 19.7 Å². The lowest BCUT2D eigenvalue weighted by atomic mass is 10.0. The summed E-state index contributed by atoms with van der Waals surface area (Å²) in [5.74, 6) is 0.737. The smallest absolute Gasteiger partial charge is 0.315 e. The Balaban J connectivity index is 2.05. The molecule has 2 rings (SSSR count). The highest BCUT2D eigenvalue weighted by Gasteiger charge is 2.16. The topological polar surface area (TPSA) is 83.2 Å². The van der Waals surface area contributed by atoms with E-state index in [1.54, 1.807) is 7.11 Å². The van der Waals surface area contributed by atoms with E-state index in [0.29, 0.717) is 5.56 Å². The first-order chi connectivity index (χ1) is 12.0. The number of rotatable bonds is 6. The number of benzene rings is 1. The molecule has 6 heteroatoms. The Morgan fingerprint density at radius 2 is 2.00 bits per heavy atom. The third kappa shape index (κ3) is 4.62. The van der Waals surface area contributed by atoms with E-state index < -0.39 is 0 Å². The molecule has 2 aromatic rings. The predicted molar refractivity (Wildman–Crippen MR) is 97.9 cm³/mol. The number of H-pyrrole nitrogens is 1. The van der Waals surface area contributed by atoms with Gasteiger partial charge in [-0.1, -0.05) is 25.1 Å². The fourth-order valence-electron chi connectivity index (χ4n) is 2.83. The number of aromatic nitrogens is 1. The van der Waals surface area contributed by atoms with Crippen LogP contribution in [0.2, 0.25) is 0 Å². The molecule has 1 atom stereocenters. The van der Waals surface area contributed by atoms with Crippen LogP contribution < -0.4 is 20.9 Å². The predicted octanol–water partition coefficient (Wildman–Crippen LogP) is 2.95. The second kappa shape index (κ2) is 8.37. The van der Waals surface area contributed by atoms with Gasteiger partial charge in [-0.3, -0.25) is 4.79 Å². The van der Waals surface area contributed by atoms with Crippen LogP contribution in [0.5, 0.6) is 5.75 Å². The van der Waals surface area contributed by atoms with E-state index in [-0.39, 0.29) is 24.2 Å². The van der Waals surface area contributed by atoms with Gasteiger partial charge in [0.25, 0.3) is 5.56 Å². The number of aryl methyl sites for hydroxylation is 2. The Bertz CT molecular complexity index is 799. The number of para-hydroxylation sites is 1. The largest absolute Gasteiger partial charge is 0.496 e. The first-order valence-corrected chi connectivity index (χ1v) is 8.33. The number of ether oxygens (including phenoxy) is 1. The molecule has 25 heavy (non-hydrogen) atoms. The molecule has 6 nitrogen and oxygen atoms in total. The van der Waals surface area contributed by atoms with Gasteiger partial charge in [-0.05, 0) is 38.0 Å². The zero-order valence-corrected chi connectivity index (χ0v) is 15.1. The van der Waals surface area contributed by atoms with Crippen LogP contribution in [0.15, 0.2) is 35.1 Å². The standard InChI is InChI=1S/C19H25N3O3/c1-5-16(14-8-6-7-9-17(14)25-4)22-19(24)20-11-15-12(2)10-13(3)21-18(15)23/h6-10,16H,5,11H2,1-4H3,(H,21,23)(H2,20,22,24). The summed E-state index contributed by atoms with van der Waals surface area (Å²) in [4.78, 5) is 27.0. The molecule has 0 saturated carbocycles. The maximum absolute atomic E-state index is 12.3. The minimum atomic E-state index is -0.322. The molecule has 1 heterocycles. The number of methoxy groups -OCH3 is 1. The van der Waals surface area contributed by atoms with Gasteiger partial charge in [-0.25, -0.2) is 4.79 Å². The molecule has 0 saturated heterocycles. The third-order valence-electron chi connectivity index (χ3n) is 4.15. The van der Waals surface area contributed by atoms with Crippen molar-refractivity contribution in [1.29, 1.82) is 0 Å². The first kappa shape index (κ1) is 18.6. The second-order valence-corrected chi connectivity index (χ2v) is 5.97. The molecule has 1 unspecified atom stereocenters. The maximum atomic E-state index is 12.3. The molecule has 2 amide bonds. The van der Waals surface area contributed by atoms with Gasteiger partial charge in [0.2, 0.25) is 0 Å². The lowest BCUT2D eigenvalue weighted by Gasteiger charge is -2.20. The number of urea groups is 1. The summed E-state index contributed by atoms with van der Waals surface area (Å²) < 4.78 is 5.36. The lowest BCUT2D eigenvalue weighted by Crippen LogP contribution is -2.38. The van der Waals surface area contributed by atoms with Crippen molar-refractivity contribution in [2.24, 2.45) is 0 Å². The summed E-state index contributed by atoms with van der Waals surface area (Å²) in [7, 11) is 1.61. The van der Waals surface area contributed by atoms with Gasteiger partial charge >= 0.3 is 6.03 Å². The van der Waals surface area contributed by atoms with E-state index in [1.807, 2.05) is 51.1 Å². The number of aromatic amines is 1. The third-order valence-corrected chi connectivity index (χ3v) is 4.15. The summed E-state index contributed by atoms with van der Waals surface area (Å²) in [6, 6.07) is 9.00. The zero-order chi connectivity index (χ0) is 18.4. The van der Waals surface area contributed by atoms with Crippen LogP contribution in [-0.2, 0) is 6.54 Å². The molecule has 0 bridgehead atoms. The van der Waals surface area contributed by atoms with Crippen molar-refractivity contribution in [2.45, 2.75) is 39.8 Å². The summed E-state index contributed by atoms with van der Waals surface area (Å²) in [6.07, 6.45) is 0.720. The molecule has 134 valence electrons. The van der Waals surface area contributed by atoms with Crippen LogP contribution in [0.3, 0.4) is 0 Å². The van der Waals surface area contributed by atoms with Crippen molar-refractivity contribution in [3.8, 4) is 5.75 Å². The van der Waals surface area contributed by atoms with Gasteiger partial charge in [0.1, 0.15) is 5.75 Å². The molecule has 0 aliphatic rings. The fourth-order valence-corrected chi connectivity index (χ4v) is 2.83. The Hall–Kier alpha value is -2.76. The SMILES string of the molecule is CCC(NC(=O)NCc1c(C)cc(C)[nH]c1=O)c1ccccc1OC. The molecular weight excluding hydrogens is 318 g/mol. The zero-order valence-electron chi connectivity index (χ0n) is 15.1. The van der Waals surface area contributed by atoms with Crippen molar-refractivity contribution < 1.29 is 9.53 Å². The fraction of sp³-hybridized carbons (Fsp3) is 0.368. The van der Waals surface area contributed by atoms with Crippen molar-refractivity contribution in [2.75, 3.05) is 7.11 Å². The molecule has 0 spiro atoms. The van der Waals surface area contributed by atoms with Crippen molar-refractivity contribution in [3.05, 3.63) is 63.1 Å². The van der Waals surface area contributed by atoms with E-state index in [0.717, 1.165) is 29.0 Å². The van der Waals surface area contributed by atoms with E-state index in [1.165, 1.54) is 0 Å². The van der Waals surface area contributed by atoms with E-state index >= 15 is 0 Å². The lowest BCUT2D eigenvalue weighted by molar-refractivity contribution is 0.236. The summed E-state index contributed by atoms with van der Waals surface area (Å²) in [6.45, 7) is 5.86. The van der Waals surface area contributed by atoms with Crippen LogP contribution in [0, 0.1) is 13.8 Å². The number of hydrogen-bond donors (Lipinski definition) is 3. The highest BCUT2D eigenvalue weighted by Crippen LogP contribution is 2.26. The van der Waals surface area contributed by atoms with E-state index in [9.17, 15) is 9.59 Å². The number of hydrogen-bond acceptors (Lipinski definition) is 3. The first-order valence-electron chi connectivity index (χ1n) is 8.33. The molecule has 0 aliphatic carbocycles. The summed E-state index contributed by atoms with van der Waals surface area (Å²) in [5.41, 5.74) is 2.98. The van der Waals surface area contributed by atoms with Crippen molar-refractivity contribution in [1.82, 2.24) is 15.6 Å². The molecule has 1 aromatic heterocycles. The number of nitrogens with one attached hydrogen (secondary N) is 3. The number of amides is 2. The van der Waals surface area contributed by atoms with Crippen molar-refractivity contribution in [3.63, 3.8) is 0 Å². The van der Waals surface area contributed by atoms with Crippen LogP contribution in [0.4, 0.5) is 4.79 Å². The number of pyridine rings is 1. The molecule has 3 N–H and O–H groups in total. The maximum Gasteiger partial charge on any atom is 0.315 e. The normalized spacial score (nSPS) is 11.7. The van der Waals surface area contributed by atoms with Gasteiger partial charge in [-0.2, -0.15) is 0 Å². The van der Waals surface area contributed by atoms with Crippen LogP contribution in [0.25, 0.3) is 0 Å². The number of carbonyl (C=O) groups excluding carboxylic acids is 1. The summed E-state index contributed by atoms with van der Waals surface area (Å²) in [5, 5.41) is 5.70. The van der Waals surface area contributed by atoms with Crippen LogP contribution in [0.1, 0.15) is 41.8 Å². The minimum absolute atomic E-state index is 0.172. The molecule has 0 fully saturated rings. The molecule has 0 aliphatic heterocycles. The Morgan fingerprint density at radius 1 is 1.28 bits per heavy atom. The highest BCUT2D eigenvalue weighted by atomic mass is 16.5. The van der Waals surface area contributed by atoms with Gasteiger partial charge in [-0.15, -0.1) is 0 Å². The average molecular weight is 343 g/mol. The number of carbonyl (C=O) groups is 1. The average Bonchev–Trinajstić information content (AvgIpc) is 2.58. The van der Waals surface area contributed by atoms with Crippen LogP contribution >= 0.6 is 0 Å². The second-order valence-electron chi connectivity index (χ2n) is 5.97. The Kier molecular flexibility index (Phi) is 6.22. The van der Waals surface area contributed by atoms with Crippen molar-refractivity contribution >= 4 is 6.03 Å². The Morgan fingerprint density at radius 3 is 2.64 bits per heavy atom. The van der Waals surface area contributed by atoms with Gasteiger partial charge in [0, 0.05) is 16.8 Å². The molecule has 0 radical (unpaired) electrons. The molecular formula is C19H25N3O3. The highest BCUT2D eigenvalue weighted by molar-refractivity contribution is 5.74. The summed E-state index contributed by atoms with van der Waals surface area (Å²) >= 11 is 0. The minimum Gasteiger partial charge on any atom is -0.496 e.